The molecule has 1 aromatic heterocycles. The number of likely N-dealkylation sites (N-methyl/N-ethyl adjacent to an activating group) is 1. The Morgan fingerprint density at radius 2 is 1.82 bits per heavy atom. The molecule has 6 atom stereocenters. The minimum atomic E-state index is -2.68. The zero-order valence-electron chi connectivity index (χ0n) is 22.2. The van der Waals surface area contributed by atoms with Gasteiger partial charge in [0.05, 0.1) is 18.2 Å². The van der Waals surface area contributed by atoms with E-state index in [1.807, 2.05) is 25.1 Å². The second-order valence-corrected chi connectivity index (χ2v) is 11.3. The minimum Gasteiger partial charge on any atom is -0.507 e. The largest absolute Gasteiger partial charge is 0.507 e. The van der Waals surface area contributed by atoms with Crippen molar-refractivity contribution in [1.82, 2.24) is 9.80 Å². The van der Waals surface area contributed by atoms with Crippen LogP contribution in [0.5, 0.6) is 5.75 Å². The van der Waals surface area contributed by atoms with Crippen molar-refractivity contribution < 1.29 is 39.2 Å². The van der Waals surface area contributed by atoms with Gasteiger partial charge in [0.1, 0.15) is 28.9 Å². The van der Waals surface area contributed by atoms with Gasteiger partial charge in [0.2, 0.25) is 11.7 Å². The van der Waals surface area contributed by atoms with E-state index in [9.17, 15) is 34.8 Å². The summed E-state index contributed by atoms with van der Waals surface area (Å²) in [6.45, 7) is 0.571. The fourth-order valence-corrected chi connectivity index (χ4v) is 6.75. The lowest BCUT2D eigenvalue weighted by atomic mass is 9.54. The second-order valence-electron chi connectivity index (χ2n) is 11.3. The first-order valence-electron chi connectivity index (χ1n) is 12.8. The fraction of sp³-hybridized carbons (Fsp3) is 0.464. The number of phenolic OH excluding ortho intramolecular Hbond substituents is 1. The topological polar surface area (TPSA) is 178 Å². The Hall–Kier alpha value is -3.51. The maximum absolute atomic E-state index is 13.9. The molecular weight excluding hydrogens is 506 g/mol. The highest BCUT2D eigenvalue weighted by Crippen LogP contribution is 2.53. The third-order valence-electron chi connectivity index (χ3n) is 8.37. The molecule has 11 heteroatoms. The summed E-state index contributed by atoms with van der Waals surface area (Å²) < 4.78 is 6.04. The van der Waals surface area contributed by atoms with Crippen molar-refractivity contribution in [2.24, 2.45) is 23.5 Å². The first kappa shape index (κ1) is 27.1. The molecule has 6 N–H and O–H groups in total. The molecule has 11 nitrogen and oxygen atoms in total. The summed E-state index contributed by atoms with van der Waals surface area (Å²) in [5, 5.41) is 44.8. The number of hydrogen-bond donors (Lipinski definition) is 5. The normalized spacial score (nSPS) is 30.4. The summed E-state index contributed by atoms with van der Waals surface area (Å²) in [6.07, 6.45) is -1.28. The number of fused-ring (bicyclic) bond motifs is 3. The van der Waals surface area contributed by atoms with Crippen LogP contribution in [0.1, 0.15) is 23.3 Å². The number of amides is 1. The van der Waals surface area contributed by atoms with Crippen molar-refractivity contribution in [3.05, 3.63) is 46.7 Å². The van der Waals surface area contributed by atoms with E-state index < -0.39 is 58.7 Å². The lowest BCUT2D eigenvalue weighted by molar-refractivity contribution is -0.184. The number of hydrogen-bond acceptors (Lipinski definition) is 10. The number of ketones is 2. The molecule has 2 unspecified atom stereocenters. The van der Waals surface area contributed by atoms with E-state index >= 15 is 0 Å². The molecular formula is C28H33N3O8. The van der Waals surface area contributed by atoms with E-state index in [4.69, 9.17) is 10.2 Å². The van der Waals surface area contributed by atoms with Crippen molar-refractivity contribution in [2.45, 2.75) is 37.1 Å². The first-order chi connectivity index (χ1) is 18.3. The number of aliphatic hydroxyl groups is 3. The number of carbonyl (C=O) groups is 3. The van der Waals surface area contributed by atoms with Gasteiger partial charge in [-0.15, -0.1) is 0 Å². The van der Waals surface area contributed by atoms with Gasteiger partial charge in [-0.05, 0) is 76.8 Å². The molecule has 3 aliphatic carbocycles. The van der Waals surface area contributed by atoms with Gasteiger partial charge in [-0.25, -0.2) is 0 Å². The van der Waals surface area contributed by atoms with E-state index in [0.29, 0.717) is 23.4 Å². The fourth-order valence-electron chi connectivity index (χ4n) is 6.75. The Morgan fingerprint density at radius 1 is 1.13 bits per heavy atom. The minimum absolute atomic E-state index is 0.0265. The van der Waals surface area contributed by atoms with E-state index in [0.717, 1.165) is 5.76 Å². The van der Waals surface area contributed by atoms with E-state index in [1.54, 1.807) is 31.1 Å². The summed E-state index contributed by atoms with van der Waals surface area (Å²) >= 11 is 0. The molecule has 1 heterocycles. The highest BCUT2D eigenvalue weighted by Gasteiger charge is 2.67. The van der Waals surface area contributed by atoms with Crippen LogP contribution >= 0.6 is 0 Å². The molecule has 0 aliphatic heterocycles. The number of nitrogens with zero attached hydrogens (tertiary/aromatic N) is 2. The van der Waals surface area contributed by atoms with Crippen molar-refractivity contribution in [3.63, 3.8) is 0 Å². The number of aliphatic hydroxyl groups excluding tert-OH is 2. The number of carbonyl (C=O) groups excluding carboxylic acids is 3. The molecule has 39 heavy (non-hydrogen) atoms. The molecule has 3 aliphatic rings. The number of aromatic hydroxyl groups is 1. The van der Waals surface area contributed by atoms with Crippen LogP contribution in [0.25, 0.3) is 17.1 Å². The number of nitrogens with two attached hydrogens (primary N) is 1. The average molecular weight is 540 g/mol. The standard InChI is InChI=1S/C28H33N3O8/c1-30(2)11-13-5-8-18(39-13)14-6-7-17(32)20-15(14)9-12-10-16-22(31(3)4)24(34)21(27(29)37)26(36)28(16,38)25(35)19(12)23(20)33/h5-8,12,16,21-22,24,32-34,38H,9-11H2,1-4H3,(H2,29,37)/t12-,16-,21?,22-,24?,28-/m0/s1. The number of rotatable bonds is 5. The van der Waals surface area contributed by atoms with E-state index in [1.165, 1.54) is 6.07 Å². The molecule has 2 saturated carbocycles. The maximum atomic E-state index is 13.9. The molecule has 1 amide bonds. The van der Waals surface area contributed by atoms with Gasteiger partial charge < -0.3 is 40.4 Å². The Bertz CT molecular complexity index is 1410. The molecule has 0 radical (unpaired) electrons. The Labute approximate surface area is 225 Å². The quantitative estimate of drug-likeness (QED) is 0.335. The summed E-state index contributed by atoms with van der Waals surface area (Å²) in [6, 6.07) is 5.77. The summed E-state index contributed by atoms with van der Waals surface area (Å²) in [4.78, 5) is 43.0. The van der Waals surface area contributed by atoms with E-state index in [2.05, 4.69) is 0 Å². The lowest BCUT2D eigenvalue weighted by Gasteiger charge is -2.53. The van der Waals surface area contributed by atoms with Crippen LogP contribution in [0.3, 0.4) is 0 Å². The molecule has 208 valence electrons. The van der Waals surface area contributed by atoms with Gasteiger partial charge >= 0.3 is 0 Å². The predicted octanol–water partition coefficient (Wildman–Crippen LogP) is 0.451. The van der Waals surface area contributed by atoms with Crippen molar-refractivity contribution in [1.29, 1.82) is 0 Å². The Kier molecular flexibility index (Phi) is 6.46. The monoisotopic (exact) mass is 539 g/mol. The van der Waals surface area contributed by atoms with E-state index in [-0.39, 0.29) is 29.7 Å². The van der Waals surface area contributed by atoms with Gasteiger partial charge in [0.15, 0.2) is 11.4 Å². The van der Waals surface area contributed by atoms with Gasteiger partial charge in [0, 0.05) is 23.1 Å². The first-order valence-corrected chi connectivity index (χ1v) is 12.8. The third-order valence-corrected chi connectivity index (χ3v) is 8.37. The van der Waals surface area contributed by atoms with Crippen LogP contribution in [-0.2, 0) is 27.3 Å². The third kappa shape index (κ3) is 3.91. The predicted molar refractivity (Wildman–Crippen MR) is 139 cm³/mol. The van der Waals surface area contributed by atoms with Crippen LogP contribution in [0.2, 0.25) is 0 Å². The number of benzene rings is 1. The second kappa shape index (κ2) is 9.30. The van der Waals surface area contributed by atoms with Crippen LogP contribution in [0.4, 0.5) is 0 Å². The van der Waals surface area contributed by atoms with Crippen molar-refractivity contribution in [3.8, 4) is 17.1 Å². The summed E-state index contributed by atoms with van der Waals surface area (Å²) in [5.41, 5.74) is 3.76. The van der Waals surface area contributed by atoms with Crippen LogP contribution < -0.4 is 5.73 Å². The smallest absolute Gasteiger partial charge is 0.230 e. The highest BCUT2D eigenvalue weighted by molar-refractivity contribution is 6.25. The molecule has 2 fully saturated rings. The molecule has 0 spiro atoms. The molecule has 1 aromatic carbocycles. The molecule has 2 aromatic rings. The van der Waals surface area contributed by atoms with Crippen LogP contribution in [0.15, 0.2) is 34.3 Å². The maximum Gasteiger partial charge on any atom is 0.230 e. The molecule has 0 bridgehead atoms. The number of phenols is 1. The number of furan rings is 1. The molecule has 0 saturated heterocycles. The van der Waals surface area contributed by atoms with Gasteiger partial charge in [-0.1, -0.05) is 0 Å². The average Bonchev–Trinajstić information content (AvgIpc) is 3.28. The van der Waals surface area contributed by atoms with Gasteiger partial charge in [-0.3, -0.25) is 14.4 Å². The van der Waals surface area contributed by atoms with Gasteiger partial charge in [-0.2, -0.15) is 0 Å². The summed E-state index contributed by atoms with van der Waals surface area (Å²) in [5.74, 6) is -6.44. The Balaban J connectivity index is 1.66. The van der Waals surface area contributed by atoms with Crippen molar-refractivity contribution >= 4 is 23.2 Å². The summed E-state index contributed by atoms with van der Waals surface area (Å²) in [7, 11) is 7.06. The van der Waals surface area contributed by atoms with Crippen LogP contribution in [-0.4, -0.2) is 93.6 Å². The van der Waals surface area contributed by atoms with Gasteiger partial charge in [0.25, 0.3) is 0 Å². The zero-order chi connectivity index (χ0) is 28.5. The SMILES string of the molecule is CN(C)Cc1ccc(-c2ccc(O)c3c2C[C@H]2C[C@H]4[C@H](N(C)C)C(O)C(C(N)=O)C(=O)[C@@]4(O)C(=O)C2=C3O)o1. The van der Waals surface area contributed by atoms with Crippen LogP contribution in [0, 0.1) is 17.8 Å². The highest BCUT2D eigenvalue weighted by atomic mass is 16.3. The Morgan fingerprint density at radius 3 is 2.44 bits per heavy atom. The number of primary amides is 1. The molecule has 5 rings (SSSR count). The lowest BCUT2D eigenvalue weighted by Crippen LogP contribution is -2.73. The number of Topliss-reactive ketones (excluding diaryl/α,β-unsaturated/α-hetero) is 2. The van der Waals surface area contributed by atoms with Crippen molar-refractivity contribution in [2.75, 3.05) is 28.2 Å². The zero-order valence-corrected chi connectivity index (χ0v) is 22.2.